The highest BCUT2D eigenvalue weighted by Crippen LogP contribution is 2.30. The van der Waals surface area contributed by atoms with E-state index in [0.29, 0.717) is 10.6 Å². The molecule has 0 aromatic heterocycles. The van der Waals surface area contributed by atoms with Gasteiger partial charge in [0, 0.05) is 17.1 Å². The van der Waals surface area contributed by atoms with Crippen LogP contribution in [0.5, 0.6) is 5.75 Å². The quantitative estimate of drug-likeness (QED) is 0.654. The molecule has 2 aromatic rings. The number of halogens is 4. The number of para-hydroxylation sites is 1. The Bertz CT molecular complexity index is 1010. The van der Waals surface area contributed by atoms with Gasteiger partial charge in [0.1, 0.15) is 17.8 Å². The fraction of sp³-hybridized carbons (Fsp3) is 0.250. The number of hydrogen-bond donors (Lipinski definition) is 2. The highest BCUT2D eigenvalue weighted by molar-refractivity contribution is 6.30. The Balaban J connectivity index is 1.66. The van der Waals surface area contributed by atoms with Gasteiger partial charge in [-0.15, -0.1) is 13.2 Å². The first-order valence-electron chi connectivity index (χ1n) is 9.00. The molecular formula is C20H17ClF3N3O4. The molecule has 7 nitrogen and oxygen atoms in total. The van der Waals surface area contributed by atoms with Gasteiger partial charge < -0.3 is 15.4 Å². The summed E-state index contributed by atoms with van der Waals surface area (Å²) < 4.78 is 41.4. The van der Waals surface area contributed by atoms with Crippen molar-refractivity contribution < 1.29 is 32.3 Å². The second-order valence-corrected chi connectivity index (χ2v) is 7.32. The van der Waals surface area contributed by atoms with Crippen LogP contribution in [0.1, 0.15) is 18.1 Å². The Labute approximate surface area is 180 Å². The normalized spacial score (nSPS) is 18.7. The summed E-state index contributed by atoms with van der Waals surface area (Å²) in [6.07, 6.45) is -4.88. The van der Waals surface area contributed by atoms with Crippen molar-refractivity contribution in [3.8, 4) is 5.75 Å². The van der Waals surface area contributed by atoms with E-state index in [0.717, 1.165) is 11.0 Å². The summed E-state index contributed by atoms with van der Waals surface area (Å²) in [7, 11) is 0. The highest BCUT2D eigenvalue weighted by Gasteiger charge is 2.49. The fourth-order valence-electron chi connectivity index (χ4n) is 3.09. The first-order valence-corrected chi connectivity index (χ1v) is 9.38. The average Bonchev–Trinajstić information content (AvgIpc) is 2.90. The number of benzene rings is 2. The van der Waals surface area contributed by atoms with Gasteiger partial charge >= 0.3 is 12.4 Å². The number of ether oxygens (including phenoxy) is 1. The monoisotopic (exact) mass is 455 g/mol. The first kappa shape index (κ1) is 22.4. The molecule has 0 aliphatic carbocycles. The van der Waals surface area contributed by atoms with Crippen LogP contribution in [0.4, 0.5) is 18.0 Å². The van der Waals surface area contributed by atoms with E-state index in [-0.39, 0.29) is 12.1 Å². The van der Waals surface area contributed by atoms with Gasteiger partial charge in [-0.25, -0.2) is 4.79 Å². The molecule has 1 saturated heterocycles. The van der Waals surface area contributed by atoms with Crippen LogP contribution < -0.4 is 15.4 Å². The highest BCUT2D eigenvalue weighted by atomic mass is 35.5. The van der Waals surface area contributed by atoms with Gasteiger partial charge in [-0.05, 0) is 30.7 Å². The van der Waals surface area contributed by atoms with Crippen LogP contribution in [0.25, 0.3) is 0 Å². The van der Waals surface area contributed by atoms with Crippen molar-refractivity contribution in [3.63, 3.8) is 0 Å². The van der Waals surface area contributed by atoms with Crippen molar-refractivity contribution in [1.29, 1.82) is 0 Å². The van der Waals surface area contributed by atoms with Crippen molar-refractivity contribution in [1.82, 2.24) is 15.5 Å². The molecule has 2 N–H and O–H groups in total. The average molecular weight is 456 g/mol. The van der Waals surface area contributed by atoms with Crippen LogP contribution >= 0.6 is 11.6 Å². The lowest BCUT2D eigenvalue weighted by atomic mass is 9.92. The molecule has 0 bridgehead atoms. The maximum absolute atomic E-state index is 12.8. The van der Waals surface area contributed by atoms with E-state index in [4.69, 9.17) is 11.6 Å². The smallest absolute Gasteiger partial charge is 0.405 e. The summed E-state index contributed by atoms with van der Waals surface area (Å²) in [5, 5.41) is 5.39. The van der Waals surface area contributed by atoms with Crippen molar-refractivity contribution in [2.24, 2.45) is 0 Å². The van der Waals surface area contributed by atoms with E-state index >= 15 is 0 Å². The molecule has 3 rings (SSSR count). The van der Waals surface area contributed by atoms with E-state index in [9.17, 15) is 27.6 Å². The lowest BCUT2D eigenvalue weighted by Crippen LogP contribution is -2.43. The van der Waals surface area contributed by atoms with E-state index in [1.165, 1.54) is 25.1 Å². The minimum atomic E-state index is -4.88. The summed E-state index contributed by atoms with van der Waals surface area (Å²) in [5.41, 5.74) is -0.817. The van der Waals surface area contributed by atoms with E-state index < -0.39 is 42.0 Å². The number of urea groups is 1. The molecular weight excluding hydrogens is 439 g/mol. The van der Waals surface area contributed by atoms with Crippen LogP contribution in [-0.4, -0.2) is 35.7 Å². The summed E-state index contributed by atoms with van der Waals surface area (Å²) >= 11 is 5.85. The van der Waals surface area contributed by atoms with Crippen molar-refractivity contribution in [3.05, 3.63) is 64.7 Å². The van der Waals surface area contributed by atoms with Gasteiger partial charge in [-0.2, -0.15) is 0 Å². The Kier molecular flexibility index (Phi) is 6.12. The summed E-state index contributed by atoms with van der Waals surface area (Å²) in [6.45, 7) is 0.610. The van der Waals surface area contributed by atoms with Crippen LogP contribution in [0.3, 0.4) is 0 Å². The fourth-order valence-corrected chi connectivity index (χ4v) is 3.21. The number of imide groups is 1. The molecule has 1 atom stereocenters. The zero-order valence-corrected chi connectivity index (χ0v) is 16.9. The predicted octanol–water partition coefficient (Wildman–Crippen LogP) is 3.32. The van der Waals surface area contributed by atoms with Gasteiger partial charge in [-0.1, -0.05) is 41.9 Å². The molecule has 1 fully saturated rings. The van der Waals surface area contributed by atoms with Gasteiger partial charge in [0.15, 0.2) is 0 Å². The van der Waals surface area contributed by atoms with Gasteiger partial charge in [0.25, 0.3) is 5.91 Å². The summed E-state index contributed by atoms with van der Waals surface area (Å²) in [6, 6.07) is 10.9. The zero-order valence-electron chi connectivity index (χ0n) is 16.1. The molecule has 31 heavy (non-hydrogen) atoms. The Morgan fingerprint density at radius 2 is 1.81 bits per heavy atom. The Morgan fingerprint density at radius 1 is 1.16 bits per heavy atom. The van der Waals surface area contributed by atoms with Crippen molar-refractivity contribution >= 4 is 29.4 Å². The number of rotatable bonds is 6. The predicted molar refractivity (Wildman–Crippen MR) is 104 cm³/mol. The zero-order chi connectivity index (χ0) is 22.8. The topological polar surface area (TPSA) is 87.7 Å². The standard InChI is InChI=1S/C20H17ClF3N3O4/c1-19(13-6-8-14(21)9-7-13)17(29)27(18(30)26-19)11-16(28)25-10-12-4-2-3-5-15(12)31-20(22,23)24/h2-9H,10-11H2,1H3,(H,25,28)(H,26,30). The van der Waals surface area contributed by atoms with Crippen LogP contribution in [0, 0.1) is 0 Å². The number of carbonyl (C=O) groups excluding carboxylic acids is 3. The first-order chi connectivity index (χ1) is 14.5. The third kappa shape index (κ3) is 5.08. The molecule has 1 unspecified atom stereocenters. The van der Waals surface area contributed by atoms with Gasteiger partial charge in [0.2, 0.25) is 5.91 Å². The number of carbonyl (C=O) groups is 3. The summed E-state index contributed by atoms with van der Waals surface area (Å²) in [5.74, 6) is -1.83. The maximum Gasteiger partial charge on any atom is 0.573 e. The molecule has 4 amide bonds. The van der Waals surface area contributed by atoms with Crippen LogP contribution in [0.15, 0.2) is 48.5 Å². The third-order valence-electron chi connectivity index (χ3n) is 4.67. The van der Waals surface area contributed by atoms with Gasteiger partial charge in [-0.3, -0.25) is 14.5 Å². The molecule has 0 saturated carbocycles. The van der Waals surface area contributed by atoms with E-state index in [2.05, 4.69) is 15.4 Å². The molecule has 164 valence electrons. The Hall–Kier alpha value is -3.27. The number of nitrogens with zero attached hydrogens (tertiary/aromatic N) is 1. The number of alkyl halides is 3. The lowest BCUT2D eigenvalue weighted by molar-refractivity contribution is -0.274. The minimum Gasteiger partial charge on any atom is -0.405 e. The molecule has 2 aromatic carbocycles. The third-order valence-corrected chi connectivity index (χ3v) is 4.92. The largest absolute Gasteiger partial charge is 0.573 e. The molecule has 0 radical (unpaired) electrons. The van der Waals surface area contributed by atoms with Crippen molar-refractivity contribution in [2.75, 3.05) is 6.54 Å². The van der Waals surface area contributed by atoms with Crippen LogP contribution in [-0.2, 0) is 21.7 Å². The SMILES string of the molecule is CC1(c2ccc(Cl)cc2)NC(=O)N(CC(=O)NCc2ccccc2OC(F)(F)F)C1=O. The summed E-state index contributed by atoms with van der Waals surface area (Å²) in [4.78, 5) is 38.2. The molecule has 11 heteroatoms. The number of nitrogens with one attached hydrogen (secondary N) is 2. The minimum absolute atomic E-state index is 0.0800. The van der Waals surface area contributed by atoms with E-state index in [1.54, 1.807) is 24.3 Å². The maximum atomic E-state index is 12.8. The molecule has 0 spiro atoms. The molecule has 1 aliphatic rings. The Morgan fingerprint density at radius 3 is 2.45 bits per heavy atom. The van der Waals surface area contributed by atoms with Crippen LogP contribution in [0.2, 0.25) is 5.02 Å². The van der Waals surface area contributed by atoms with Crippen molar-refractivity contribution in [2.45, 2.75) is 25.4 Å². The molecule has 1 heterocycles. The van der Waals surface area contributed by atoms with E-state index in [1.807, 2.05) is 0 Å². The van der Waals surface area contributed by atoms with Gasteiger partial charge in [0.05, 0.1) is 0 Å². The number of amides is 4. The lowest BCUT2D eigenvalue weighted by Gasteiger charge is -2.22. The second kappa shape index (κ2) is 8.46. The molecule has 1 aliphatic heterocycles. The number of hydrogen-bond acceptors (Lipinski definition) is 4. The second-order valence-electron chi connectivity index (χ2n) is 6.89.